The highest BCUT2D eigenvalue weighted by molar-refractivity contribution is 5.28. The highest BCUT2D eigenvalue weighted by Crippen LogP contribution is 2.39. The minimum absolute atomic E-state index is 0.637. The third kappa shape index (κ3) is 2.68. The van der Waals surface area contributed by atoms with E-state index in [1.807, 2.05) is 12.3 Å². The Morgan fingerprint density at radius 1 is 1.41 bits per heavy atom. The highest BCUT2D eigenvalue weighted by Gasteiger charge is 2.33. The van der Waals surface area contributed by atoms with E-state index in [1.54, 1.807) is 6.20 Å². The smallest absolute Gasteiger partial charge is 0.0914 e. The Bertz CT molecular complexity index is 377. The normalized spacial score (nSPS) is 29.9. The maximum atomic E-state index is 10.9. The van der Waals surface area contributed by atoms with E-state index in [0.717, 1.165) is 42.7 Å². The van der Waals surface area contributed by atoms with Crippen molar-refractivity contribution in [3.05, 3.63) is 29.6 Å². The first-order chi connectivity index (χ1) is 8.15. The van der Waals surface area contributed by atoms with Crippen LogP contribution in [-0.2, 0) is 5.60 Å². The molecule has 1 aliphatic carbocycles. The van der Waals surface area contributed by atoms with Gasteiger partial charge in [0.15, 0.2) is 0 Å². The fourth-order valence-electron chi connectivity index (χ4n) is 3.02. The van der Waals surface area contributed by atoms with Gasteiger partial charge in [0, 0.05) is 18.0 Å². The van der Waals surface area contributed by atoms with E-state index < -0.39 is 5.60 Å². The number of aliphatic hydroxyl groups is 1. The van der Waals surface area contributed by atoms with Gasteiger partial charge in [-0.3, -0.25) is 4.98 Å². The lowest BCUT2D eigenvalue weighted by Crippen LogP contribution is -2.26. The fraction of sp³-hybridized carbons (Fsp3) is 0.667. The molecule has 0 saturated heterocycles. The lowest BCUT2D eigenvalue weighted by molar-refractivity contribution is 0.0187. The Kier molecular flexibility index (Phi) is 3.82. The van der Waals surface area contributed by atoms with Crippen molar-refractivity contribution in [2.75, 3.05) is 0 Å². The van der Waals surface area contributed by atoms with E-state index in [9.17, 15) is 5.11 Å². The molecule has 0 spiro atoms. The number of nitrogens with zero attached hydrogens (tertiary/aromatic N) is 1. The summed E-state index contributed by atoms with van der Waals surface area (Å²) in [5.74, 6) is 0.793. The molecule has 2 rings (SSSR count). The van der Waals surface area contributed by atoms with Crippen LogP contribution in [0.15, 0.2) is 18.5 Å². The van der Waals surface area contributed by atoms with Gasteiger partial charge < -0.3 is 5.11 Å². The molecule has 0 radical (unpaired) electrons. The van der Waals surface area contributed by atoms with Crippen LogP contribution in [0.25, 0.3) is 0 Å². The fourth-order valence-corrected chi connectivity index (χ4v) is 3.02. The molecule has 0 bridgehead atoms. The zero-order valence-corrected chi connectivity index (χ0v) is 10.9. The summed E-state index contributed by atoms with van der Waals surface area (Å²) in [7, 11) is 0. The van der Waals surface area contributed by atoms with E-state index in [0.29, 0.717) is 0 Å². The van der Waals surface area contributed by atoms with Crippen LogP contribution in [0.4, 0.5) is 0 Å². The molecular weight excluding hydrogens is 210 g/mol. The number of hydrogen-bond acceptors (Lipinski definition) is 2. The molecule has 94 valence electrons. The predicted molar refractivity (Wildman–Crippen MR) is 69.7 cm³/mol. The first-order valence-electron chi connectivity index (χ1n) is 6.79. The average molecular weight is 233 g/mol. The third-order valence-electron chi connectivity index (χ3n) is 4.29. The monoisotopic (exact) mass is 233 g/mol. The van der Waals surface area contributed by atoms with Gasteiger partial charge in [0.05, 0.1) is 5.60 Å². The molecule has 1 saturated carbocycles. The molecule has 1 heterocycles. The number of aryl methyl sites for hydroxylation is 1. The molecule has 2 atom stereocenters. The van der Waals surface area contributed by atoms with Gasteiger partial charge in [-0.1, -0.05) is 19.8 Å². The van der Waals surface area contributed by atoms with Gasteiger partial charge in [-0.25, -0.2) is 0 Å². The van der Waals surface area contributed by atoms with E-state index >= 15 is 0 Å². The predicted octanol–water partition coefficient (Wildman–Crippen LogP) is 3.57. The van der Waals surface area contributed by atoms with Crippen molar-refractivity contribution in [2.24, 2.45) is 5.92 Å². The summed E-state index contributed by atoms with van der Waals surface area (Å²) in [6.45, 7) is 4.32. The van der Waals surface area contributed by atoms with Crippen molar-refractivity contribution in [3.63, 3.8) is 0 Å². The van der Waals surface area contributed by atoms with Crippen LogP contribution in [0.1, 0.15) is 56.6 Å². The quantitative estimate of drug-likeness (QED) is 0.792. The van der Waals surface area contributed by atoms with Crippen molar-refractivity contribution < 1.29 is 5.11 Å². The van der Waals surface area contributed by atoms with Gasteiger partial charge in [0.1, 0.15) is 0 Å². The molecule has 1 aliphatic rings. The second-order valence-corrected chi connectivity index (χ2v) is 5.43. The van der Waals surface area contributed by atoms with Crippen molar-refractivity contribution in [1.29, 1.82) is 0 Å². The Hall–Kier alpha value is -0.890. The molecule has 0 amide bonds. The summed E-state index contributed by atoms with van der Waals surface area (Å²) in [4.78, 5) is 4.18. The van der Waals surface area contributed by atoms with Crippen LogP contribution < -0.4 is 0 Å². The highest BCUT2D eigenvalue weighted by atomic mass is 16.3. The minimum atomic E-state index is -0.637. The standard InChI is InChI=1S/C15H23NO/c1-3-13-5-4-8-15(17,9-6-13)14-11-16-10-7-12(14)2/h7,10-11,13,17H,3-6,8-9H2,1-2H3. The molecular formula is C15H23NO. The van der Waals surface area contributed by atoms with Gasteiger partial charge >= 0.3 is 0 Å². The lowest BCUT2D eigenvalue weighted by Gasteiger charge is -2.28. The molecule has 0 aliphatic heterocycles. The number of rotatable bonds is 2. The number of pyridine rings is 1. The van der Waals surface area contributed by atoms with Crippen molar-refractivity contribution in [1.82, 2.24) is 4.98 Å². The average Bonchev–Trinajstić information content (AvgIpc) is 2.52. The Morgan fingerprint density at radius 2 is 2.24 bits per heavy atom. The van der Waals surface area contributed by atoms with Crippen LogP contribution in [0.5, 0.6) is 0 Å². The van der Waals surface area contributed by atoms with Crippen LogP contribution in [0.3, 0.4) is 0 Å². The summed E-state index contributed by atoms with van der Waals surface area (Å²) >= 11 is 0. The molecule has 2 heteroatoms. The summed E-state index contributed by atoms with van der Waals surface area (Å²) < 4.78 is 0. The molecule has 1 aromatic heterocycles. The SMILES string of the molecule is CCC1CCCC(O)(c2cnccc2C)CC1. The summed E-state index contributed by atoms with van der Waals surface area (Å²) in [5, 5.41) is 10.9. The van der Waals surface area contributed by atoms with Crippen molar-refractivity contribution in [3.8, 4) is 0 Å². The van der Waals surface area contributed by atoms with Crippen LogP contribution in [0, 0.1) is 12.8 Å². The second kappa shape index (κ2) is 5.18. The summed E-state index contributed by atoms with van der Waals surface area (Å²) in [6, 6.07) is 2.00. The summed E-state index contributed by atoms with van der Waals surface area (Å²) in [6.07, 6.45) is 10.2. The number of aromatic nitrogens is 1. The summed E-state index contributed by atoms with van der Waals surface area (Å²) in [5.41, 5.74) is 1.57. The van der Waals surface area contributed by atoms with E-state index in [4.69, 9.17) is 0 Å². The van der Waals surface area contributed by atoms with Crippen LogP contribution in [-0.4, -0.2) is 10.1 Å². The first-order valence-corrected chi connectivity index (χ1v) is 6.79. The first kappa shape index (κ1) is 12.6. The molecule has 1 aromatic rings. The minimum Gasteiger partial charge on any atom is -0.385 e. The Labute approximate surface area is 104 Å². The van der Waals surface area contributed by atoms with Crippen LogP contribution >= 0.6 is 0 Å². The Morgan fingerprint density at radius 3 is 2.94 bits per heavy atom. The second-order valence-electron chi connectivity index (χ2n) is 5.43. The van der Waals surface area contributed by atoms with Gasteiger partial charge in [0.25, 0.3) is 0 Å². The van der Waals surface area contributed by atoms with Gasteiger partial charge in [-0.05, 0) is 50.2 Å². The molecule has 1 fully saturated rings. The Balaban J connectivity index is 2.21. The molecule has 17 heavy (non-hydrogen) atoms. The largest absolute Gasteiger partial charge is 0.385 e. The van der Waals surface area contributed by atoms with Gasteiger partial charge in [-0.15, -0.1) is 0 Å². The van der Waals surface area contributed by atoms with Gasteiger partial charge in [-0.2, -0.15) is 0 Å². The van der Waals surface area contributed by atoms with Crippen molar-refractivity contribution >= 4 is 0 Å². The molecule has 0 aromatic carbocycles. The molecule has 2 nitrogen and oxygen atoms in total. The third-order valence-corrected chi connectivity index (χ3v) is 4.29. The van der Waals surface area contributed by atoms with E-state index in [-0.39, 0.29) is 0 Å². The zero-order valence-electron chi connectivity index (χ0n) is 10.9. The van der Waals surface area contributed by atoms with E-state index in [1.165, 1.54) is 12.8 Å². The van der Waals surface area contributed by atoms with Gasteiger partial charge in [0.2, 0.25) is 0 Å². The maximum Gasteiger partial charge on any atom is 0.0914 e. The topological polar surface area (TPSA) is 33.1 Å². The molecule has 1 N–H and O–H groups in total. The van der Waals surface area contributed by atoms with Crippen LogP contribution in [0.2, 0.25) is 0 Å². The molecule has 2 unspecified atom stereocenters. The van der Waals surface area contributed by atoms with Crippen molar-refractivity contribution in [2.45, 2.75) is 58.0 Å². The lowest BCUT2D eigenvalue weighted by atomic mass is 9.85. The maximum absolute atomic E-state index is 10.9. The number of hydrogen-bond donors (Lipinski definition) is 1. The van der Waals surface area contributed by atoms with E-state index in [2.05, 4.69) is 18.8 Å². The zero-order chi connectivity index (χ0) is 12.3.